The number of aryl methyl sites for hydroxylation is 2. The molecule has 0 aliphatic heterocycles. The largest absolute Gasteiger partial charge is 0.159 e. The maximum Gasteiger partial charge on any atom is 0.0634 e. The summed E-state index contributed by atoms with van der Waals surface area (Å²) in [4.78, 5) is 0. The molecule has 0 fully saturated rings. The van der Waals surface area contributed by atoms with Crippen LogP contribution in [0.15, 0.2) is 6.20 Å². The second kappa shape index (κ2) is 2.78. The van der Waals surface area contributed by atoms with Gasteiger partial charge in [0, 0.05) is 0 Å². The highest BCUT2D eigenvalue weighted by atomic mass is 15.1. The van der Waals surface area contributed by atoms with Gasteiger partial charge in [0.2, 0.25) is 0 Å². The third-order valence-electron chi connectivity index (χ3n) is 1.73. The minimum atomic E-state index is 1.05. The van der Waals surface area contributed by atoms with Crippen LogP contribution in [0.4, 0.5) is 0 Å². The zero-order valence-electron chi connectivity index (χ0n) is 6.68. The van der Waals surface area contributed by atoms with Crippen LogP contribution in [0.1, 0.15) is 23.7 Å². The van der Waals surface area contributed by atoms with Crippen LogP contribution in [-0.2, 0) is 6.42 Å². The van der Waals surface area contributed by atoms with Gasteiger partial charge in [-0.15, -0.1) is 0 Å². The maximum absolute atomic E-state index is 3.96. The van der Waals surface area contributed by atoms with Crippen molar-refractivity contribution in [1.29, 1.82) is 0 Å². The van der Waals surface area contributed by atoms with Crippen LogP contribution < -0.4 is 0 Å². The first-order valence-corrected chi connectivity index (χ1v) is 3.53. The molecule has 1 rings (SSSR count). The van der Waals surface area contributed by atoms with Crippen molar-refractivity contribution in [2.24, 2.45) is 0 Å². The van der Waals surface area contributed by atoms with Gasteiger partial charge in [-0.3, -0.25) is 0 Å². The van der Waals surface area contributed by atoms with Crippen LogP contribution in [0.3, 0.4) is 0 Å². The number of hydrogen-bond donors (Lipinski definition) is 0. The van der Waals surface area contributed by atoms with Crippen LogP contribution in [0.2, 0.25) is 0 Å². The van der Waals surface area contributed by atoms with Gasteiger partial charge >= 0.3 is 0 Å². The second-order valence-electron chi connectivity index (χ2n) is 2.45. The fraction of sp³-hybridized carbons (Fsp3) is 0.500. The maximum atomic E-state index is 3.96. The molecule has 0 radical (unpaired) electrons. The van der Waals surface area contributed by atoms with Gasteiger partial charge in [-0.25, -0.2) is 0 Å². The quantitative estimate of drug-likeness (QED) is 0.586. The molecular formula is C8H12N2. The smallest absolute Gasteiger partial charge is 0.0634 e. The van der Waals surface area contributed by atoms with E-state index in [1.165, 1.54) is 11.1 Å². The average molecular weight is 136 g/mol. The molecule has 10 heavy (non-hydrogen) atoms. The van der Waals surface area contributed by atoms with Crippen molar-refractivity contribution < 1.29 is 0 Å². The summed E-state index contributed by atoms with van der Waals surface area (Å²) in [6, 6.07) is 0. The van der Waals surface area contributed by atoms with E-state index in [9.17, 15) is 0 Å². The van der Waals surface area contributed by atoms with E-state index in [-0.39, 0.29) is 0 Å². The van der Waals surface area contributed by atoms with Gasteiger partial charge in [-0.2, -0.15) is 10.2 Å². The molecule has 0 amide bonds. The lowest BCUT2D eigenvalue weighted by Crippen LogP contribution is -1.96. The fourth-order valence-electron chi connectivity index (χ4n) is 1.16. The third-order valence-corrected chi connectivity index (χ3v) is 1.73. The summed E-state index contributed by atoms with van der Waals surface area (Å²) in [6.07, 6.45) is 2.86. The van der Waals surface area contributed by atoms with Gasteiger partial charge in [0.1, 0.15) is 0 Å². The number of rotatable bonds is 1. The third kappa shape index (κ3) is 1.15. The van der Waals surface area contributed by atoms with Gasteiger partial charge in [0.05, 0.1) is 11.9 Å². The van der Waals surface area contributed by atoms with Gasteiger partial charge in [0.15, 0.2) is 0 Å². The van der Waals surface area contributed by atoms with Gasteiger partial charge in [-0.1, -0.05) is 6.92 Å². The van der Waals surface area contributed by atoms with Gasteiger partial charge < -0.3 is 0 Å². The fourth-order valence-corrected chi connectivity index (χ4v) is 1.16. The Morgan fingerprint density at radius 3 is 2.50 bits per heavy atom. The summed E-state index contributed by atoms with van der Waals surface area (Å²) < 4.78 is 0. The Bertz CT molecular complexity index is 210. The summed E-state index contributed by atoms with van der Waals surface area (Å²) in [5.41, 5.74) is 3.63. The molecule has 0 saturated heterocycles. The predicted molar refractivity (Wildman–Crippen MR) is 40.9 cm³/mol. The van der Waals surface area contributed by atoms with E-state index < -0.39 is 0 Å². The first kappa shape index (κ1) is 7.19. The topological polar surface area (TPSA) is 25.8 Å². The van der Waals surface area contributed by atoms with Crippen LogP contribution in [0.25, 0.3) is 0 Å². The van der Waals surface area contributed by atoms with Crippen LogP contribution in [0, 0.1) is 13.8 Å². The van der Waals surface area contributed by atoms with Crippen molar-refractivity contribution in [3.05, 3.63) is 23.0 Å². The van der Waals surface area contributed by atoms with E-state index in [0.717, 1.165) is 12.1 Å². The Labute approximate surface area is 61.3 Å². The lowest BCUT2D eigenvalue weighted by Gasteiger charge is -2.02. The van der Waals surface area contributed by atoms with Gasteiger partial charge in [-0.05, 0) is 31.4 Å². The monoisotopic (exact) mass is 136 g/mol. The normalized spacial score (nSPS) is 9.90. The molecule has 0 aliphatic rings. The SMILES string of the molecule is CCc1c(C)cnnc1C. The molecule has 1 aromatic heterocycles. The Morgan fingerprint density at radius 2 is 2.10 bits per heavy atom. The summed E-state index contributed by atoms with van der Waals surface area (Å²) in [5.74, 6) is 0. The van der Waals surface area contributed by atoms with Crippen LogP contribution in [-0.4, -0.2) is 10.2 Å². The molecule has 0 unspecified atom stereocenters. The summed E-state index contributed by atoms with van der Waals surface area (Å²) in [6.45, 7) is 6.20. The van der Waals surface area contributed by atoms with E-state index in [4.69, 9.17) is 0 Å². The molecule has 0 spiro atoms. The molecule has 0 bridgehead atoms. The van der Waals surface area contributed by atoms with E-state index >= 15 is 0 Å². The van der Waals surface area contributed by atoms with Crippen molar-refractivity contribution >= 4 is 0 Å². The zero-order valence-corrected chi connectivity index (χ0v) is 6.68. The van der Waals surface area contributed by atoms with Crippen molar-refractivity contribution in [1.82, 2.24) is 10.2 Å². The van der Waals surface area contributed by atoms with E-state index in [2.05, 4.69) is 24.0 Å². The highest BCUT2D eigenvalue weighted by molar-refractivity contribution is 5.25. The molecule has 2 heteroatoms. The zero-order chi connectivity index (χ0) is 7.56. The molecule has 0 aliphatic carbocycles. The summed E-state index contributed by atoms with van der Waals surface area (Å²) in [7, 11) is 0. The summed E-state index contributed by atoms with van der Waals surface area (Å²) >= 11 is 0. The first-order chi connectivity index (χ1) is 4.75. The van der Waals surface area contributed by atoms with E-state index in [1.807, 2.05) is 13.1 Å². The summed E-state index contributed by atoms with van der Waals surface area (Å²) in [5, 5.41) is 7.80. The van der Waals surface area contributed by atoms with Crippen LogP contribution >= 0.6 is 0 Å². The molecule has 0 atom stereocenters. The molecule has 1 heterocycles. The van der Waals surface area contributed by atoms with Crippen molar-refractivity contribution in [2.45, 2.75) is 27.2 Å². The van der Waals surface area contributed by atoms with Crippen molar-refractivity contribution in [3.63, 3.8) is 0 Å². The van der Waals surface area contributed by atoms with Gasteiger partial charge in [0.25, 0.3) is 0 Å². The number of aromatic nitrogens is 2. The van der Waals surface area contributed by atoms with E-state index in [0.29, 0.717) is 0 Å². The van der Waals surface area contributed by atoms with Crippen molar-refractivity contribution in [3.8, 4) is 0 Å². The molecule has 2 nitrogen and oxygen atoms in total. The lowest BCUT2D eigenvalue weighted by atomic mass is 10.1. The minimum Gasteiger partial charge on any atom is -0.159 e. The standard InChI is InChI=1S/C8H12N2/c1-4-8-6(2)5-9-10-7(8)3/h5H,4H2,1-3H3. The molecular weight excluding hydrogens is 124 g/mol. The minimum absolute atomic E-state index is 1.05. The Morgan fingerprint density at radius 1 is 1.40 bits per heavy atom. The van der Waals surface area contributed by atoms with Crippen LogP contribution in [0.5, 0.6) is 0 Å². The number of hydrogen-bond acceptors (Lipinski definition) is 2. The molecule has 54 valence electrons. The van der Waals surface area contributed by atoms with Crippen molar-refractivity contribution in [2.75, 3.05) is 0 Å². The Hall–Kier alpha value is -0.920. The number of nitrogens with zero attached hydrogens (tertiary/aromatic N) is 2. The lowest BCUT2D eigenvalue weighted by molar-refractivity contribution is 0.913. The predicted octanol–water partition coefficient (Wildman–Crippen LogP) is 1.66. The average Bonchev–Trinajstić information content (AvgIpc) is 1.88. The highest BCUT2D eigenvalue weighted by Crippen LogP contribution is 2.08. The highest BCUT2D eigenvalue weighted by Gasteiger charge is 1.99. The first-order valence-electron chi connectivity index (χ1n) is 3.53. The van der Waals surface area contributed by atoms with E-state index in [1.54, 1.807) is 0 Å². The molecule has 0 N–H and O–H groups in total. The second-order valence-corrected chi connectivity index (χ2v) is 2.45. The molecule has 0 aromatic carbocycles. The molecule has 0 saturated carbocycles. The molecule has 1 aromatic rings. The Kier molecular flexibility index (Phi) is 2.00. The Balaban J connectivity index is 3.17.